The van der Waals surface area contributed by atoms with Crippen LogP contribution in [0.5, 0.6) is 0 Å². The largest absolute Gasteiger partial charge is 0.464 e. The summed E-state index contributed by atoms with van der Waals surface area (Å²) in [4.78, 5) is 20.9. The zero-order chi connectivity index (χ0) is 11.8. The molecule has 0 rings (SSSR count). The molecule has 0 spiro atoms. The normalized spacial score (nSPS) is 11.6. The van der Waals surface area contributed by atoms with E-state index in [1.54, 1.807) is 0 Å². The Balaban J connectivity index is 3.57. The molecule has 15 heavy (non-hydrogen) atoms. The zero-order valence-electron chi connectivity index (χ0n) is 8.32. The molecule has 86 valence electrons. The second-order valence-electron chi connectivity index (χ2n) is 2.84. The summed E-state index contributed by atoms with van der Waals surface area (Å²) in [5.74, 6) is -0.597. The lowest BCUT2D eigenvalue weighted by Gasteiger charge is -2.11. The van der Waals surface area contributed by atoms with E-state index in [9.17, 15) is 14.7 Å². The highest BCUT2D eigenvalue weighted by Crippen LogP contribution is 1.93. The van der Waals surface area contributed by atoms with Crippen LogP contribution in [0.25, 0.3) is 0 Å². The summed E-state index contributed by atoms with van der Waals surface area (Å²) in [5, 5.41) is 17.4. The summed E-state index contributed by atoms with van der Waals surface area (Å²) in [7, 11) is 0. The molecule has 0 saturated heterocycles. The number of aliphatic hydroxyl groups excluding tert-OH is 1. The molecule has 0 aromatic rings. The van der Waals surface area contributed by atoms with E-state index in [-0.39, 0.29) is 18.7 Å². The van der Waals surface area contributed by atoms with E-state index in [1.165, 1.54) is 6.92 Å². The molecule has 1 unspecified atom stereocenters. The molecule has 0 heterocycles. The Morgan fingerprint density at radius 1 is 1.53 bits per heavy atom. The number of hydrogen-bond acceptors (Lipinski definition) is 5. The summed E-state index contributed by atoms with van der Waals surface area (Å²) in [6, 6.07) is 0. The number of rotatable bonds is 6. The van der Waals surface area contributed by atoms with Gasteiger partial charge in [0.05, 0.1) is 0 Å². The van der Waals surface area contributed by atoms with Crippen molar-refractivity contribution in [3.05, 3.63) is 12.2 Å². The molecule has 0 aliphatic rings. The number of hydrogen-bond donors (Lipinski definition) is 4. The van der Waals surface area contributed by atoms with Crippen LogP contribution in [-0.2, 0) is 9.53 Å². The van der Waals surface area contributed by atoms with Crippen LogP contribution in [0.15, 0.2) is 12.2 Å². The van der Waals surface area contributed by atoms with Gasteiger partial charge < -0.3 is 14.9 Å². The number of ether oxygens (including phenoxy) is 1. The lowest BCUT2D eigenvalue weighted by atomic mass is 10.3. The smallest absolute Gasteiger partial charge is 0.419 e. The van der Waals surface area contributed by atoms with Crippen LogP contribution in [0, 0.1) is 0 Å². The van der Waals surface area contributed by atoms with Gasteiger partial charge >= 0.3 is 12.1 Å². The van der Waals surface area contributed by atoms with Crippen molar-refractivity contribution in [3.8, 4) is 0 Å². The van der Waals surface area contributed by atoms with E-state index in [4.69, 9.17) is 5.11 Å². The Morgan fingerprint density at radius 3 is 2.60 bits per heavy atom. The van der Waals surface area contributed by atoms with Crippen LogP contribution in [-0.4, -0.2) is 41.5 Å². The fourth-order valence-electron chi connectivity index (χ4n) is 0.598. The first-order chi connectivity index (χ1) is 6.93. The average Bonchev–Trinajstić information content (AvgIpc) is 2.13. The molecule has 0 aromatic heterocycles. The number of carbonyl (C=O) groups excluding carboxylic acids is 1. The molecular formula is C8H14N2O5. The predicted molar refractivity (Wildman–Crippen MR) is 50.9 cm³/mol. The molecule has 0 bridgehead atoms. The SMILES string of the molecule is C=C(C)C(=O)OCC(O)CNNC(=O)O. The molecule has 0 aliphatic heterocycles. The molecule has 0 aromatic carbocycles. The molecule has 1 amide bonds. The lowest BCUT2D eigenvalue weighted by Crippen LogP contribution is -2.42. The van der Waals surface area contributed by atoms with Gasteiger partial charge in [-0.15, -0.1) is 0 Å². The summed E-state index contributed by atoms with van der Waals surface area (Å²) < 4.78 is 4.62. The summed E-state index contributed by atoms with van der Waals surface area (Å²) >= 11 is 0. The van der Waals surface area contributed by atoms with Crippen LogP contribution in [0.1, 0.15) is 6.92 Å². The van der Waals surface area contributed by atoms with Gasteiger partial charge in [0.1, 0.15) is 12.7 Å². The quantitative estimate of drug-likeness (QED) is 0.265. The minimum absolute atomic E-state index is 0.0598. The Hall–Kier alpha value is -1.60. The number of amides is 1. The van der Waals surface area contributed by atoms with Crippen LogP contribution >= 0.6 is 0 Å². The van der Waals surface area contributed by atoms with Gasteiger partial charge in [0.2, 0.25) is 0 Å². The minimum atomic E-state index is -1.26. The topological polar surface area (TPSA) is 108 Å². The Labute approximate surface area is 86.7 Å². The maximum atomic E-state index is 10.9. The Bertz CT molecular complexity index is 253. The number of aliphatic hydroxyl groups is 1. The summed E-state index contributed by atoms with van der Waals surface area (Å²) in [5.41, 5.74) is 4.29. The van der Waals surface area contributed by atoms with Gasteiger partial charge in [-0.05, 0) is 6.92 Å². The van der Waals surface area contributed by atoms with Crippen LogP contribution in [0.4, 0.5) is 4.79 Å². The zero-order valence-corrected chi connectivity index (χ0v) is 8.32. The molecule has 1 atom stereocenters. The van der Waals surface area contributed by atoms with Crippen molar-refractivity contribution in [1.29, 1.82) is 0 Å². The summed E-state index contributed by atoms with van der Waals surface area (Å²) in [6.45, 7) is 4.56. The van der Waals surface area contributed by atoms with E-state index in [0.717, 1.165) is 0 Å². The molecule has 0 saturated carbocycles. The maximum Gasteiger partial charge on any atom is 0.419 e. The first-order valence-corrected chi connectivity index (χ1v) is 4.16. The molecule has 0 radical (unpaired) electrons. The molecule has 0 fully saturated rings. The number of carbonyl (C=O) groups is 2. The number of hydrazine groups is 1. The van der Waals surface area contributed by atoms with Crippen molar-refractivity contribution in [1.82, 2.24) is 10.9 Å². The van der Waals surface area contributed by atoms with Crippen molar-refractivity contribution in [2.45, 2.75) is 13.0 Å². The Kier molecular flexibility index (Phi) is 6.07. The molecule has 7 nitrogen and oxygen atoms in total. The predicted octanol–water partition coefficient (Wildman–Crippen LogP) is -0.761. The van der Waals surface area contributed by atoms with Gasteiger partial charge in [0, 0.05) is 12.1 Å². The van der Waals surface area contributed by atoms with E-state index in [1.807, 2.05) is 5.43 Å². The number of nitrogens with one attached hydrogen (secondary N) is 2. The van der Waals surface area contributed by atoms with Gasteiger partial charge in [0.15, 0.2) is 0 Å². The number of esters is 1. The maximum absolute atomic E-state index is 10.9. The minimum Gasteiger partial charge on any atom is -0.464 e. The third-order valence-corrected chi connectivity index (χ3v) is 1.29. The fraction of sp³-hybridized carbons (Fsp3) is 0.500. The van der Waals surface area contributed by atoms with Gasteiger partial charge in [-0.3, -0.25) is 5.43 Å². The fourth-order valence-corrected chi connectivity index (χ4v) is 0.598. The number of carboxylic acid groups (broad SMARTS) is 1. The van der Waals surface area contributed by atoms with Crippen molar-refractivity contribution in [2.75, 3.05) is 13.2 Å². The average molecular weight is 218 g/mol. The Morgan fingerprint density at radius 2 is 2.13 bits per heavy atom. The van der Waals surface area contributed by atoms with Crippen molar-refractivity contribution < 1.29 is 24.5 Å². The highest BCUT2D eigenvalue weighted by atomic mass is 16.5. The third-order valence-electron chi connectivity index (χ3n) is 1.29. The van der Waals surface area contributed by atoms with Gasteiger partial charge in [-0.1, -0.05) is 6.58 Å². The van der Waals surface area contributed by atoms with Crippen LogP contribution in [0.2, 0.25) is 0 Å². The second-order valence-corrected chi connectivity index (χ2v) is 2.84. The second kappa shape index (κ2) is 6.80. The van der Waals surface area contributed by atoms with Crippen molar-refractivity contribution in [3.63, 3.8) is 0 Å². The van der Waals surface area contributed by atoms with Gasteiger partial charge in [0.25, 0.3) is 0 Å². The first-order valence-electron chi connectivity index (χ1n) is 4.16. The summed E-state index contributed by atoms with van der Waals surface area (Å²) in [6.07, 6.45) is -2.25. The van der Waals surface area contributed by atoms with E-state index >= 15 is 0 Å². The molecule has 7 heteroatoms. The highest BCUT2D eigenvalue weighted by Gasteiger charge is 2.09. The van der Waals surface area contributed by atoms with E-state index in [2.05, 4.69) is 16.7 Å². The molecule has 4 N–H and O–H groups in total. The van der Waals surface area contributed by atoms with Gasteiger partial charge in [-0.25, -0.2) is 15.0 Å². The van der Waals surface area contributed by atoms with E-state index in [0.29, 0.717) is 0 Å². The standard InChI is InChI=1S/C8H14N2O5/c1-5(2)7(12)15-4-6(11)3-9-10-8(13)14/h6,9-11H,1,3-4H2,2H3,(H,13,14). The van der Waals surface area contributed by atoms with E-state index < -0.39 is 18.2 Å². The monoisotopic (exact) mass is 218 g/mol. The molecule has 0 aliphatic carbocycles. The van der Waals surface area contributed by atoms with Crippen LogP contribution in [0.3, 0.4) is 0 Å². The van der Waals surface area contributed by atoms with Gasteiger partial charge in [-0.2, -0.15) is 0 Å². The van der Waals surface area contributed by atoms with Crippen molar-refractivity contribution >= 4 is 12.1 Å². The van der Waals surface area contributed by atoms with Crippen LogP contribution < -0.4 is 10.9 Å². The first kappa shape index (κ1) is 13.4. The van der Waals surface area contributed by atoms with Crippen molar-refractivity contribution in [2.24, 2.45) is 0 Å². The highest BCUT2D eigenvalue weighted by molar-refractivity contribution is 5.86. The lowest BCUT2D eigenvalue weighted by molar-refractivity contribution is -0.141. The third kappa shape index (κ3) is 7.47. The molecular weight excluding hydrogens is 204 g/mol.